The lowest BCUT2D eigenvalue weighted by Crippen LogP contribution is -2.32. The lowest BCUT2D eigenvalue weighted by molar-refractivity contribution is -0.136. The van der Waals surface area contributed by atoms with Gasteiger partial charge in [0.1, 0.15) is 18.1 Å². The van der Waals surface area contributed by atoms with Crippen molar-refractivity contribution < 1.29 is 19.1 Å². The highest BCUT2D eigenvalue weighted by molar-refractivity contribution is 6.42. The van der Waals surface area contributed by atoms with E-state index in [-0.39, 0.29) is 17.3 Å². The van der Waals surface area contributed by atoms with Crippen molar-refractivity contribution >= 4 is 70.1 Å². The summed E-state index contributed by atoms with van der Waals surface area (Å²) < 4.78 is 11.1. The first-order valence-corrected chi connectivity index (χ1v) is 11.1. The fourth-order valence-electron chi connectivity index (χ4n) is 2.73. The number of methoxy groups -OCH3 is 1. The molecule has 0 spiro atoms. The number of nitrogens with one attached hydrogen (secondary N) is 2. The lowest BCUT2D eigenvalue weighted by atomic mass is 10.1. The van der Waals surface area contributed by atoms with Crippen molar-refractivity contribution in [2.75, 3.05) is 12.4 Å². The van der Waals surface area contributed by atoms with Crippen LogP contribution in [0.5, 0.6) is 11.5 Å². The van der Waals surface area contributed by atoms with Crippen LogP contribution in [0.4, 0.5) is 5.69 Å². The number of hydrogen-bond acceptors (Lipinski definition) is 5. The van der Waals surface area contributed by atoms with Crippen molar-refractivity contribution in [2.24, 2.45) is 5.10 Å². The first kappa shape index (κ1) is 25.6. The van der Waals surface area contributed by atoms with Gasteiger partial charge in [0.2, 0.25) is 0 Å². The van der Waals surface area contributed by atoms with Crippen LogP contribution in [-0.2, 0) is 16.2 Å². The van der Waals surface area contributed by atoms with Crippen LogP contribution in [0.1, 0.15) is 11.1 Å². The second-order valence-corrected chi connectivity index (χ2v) is 8.40. The van der Waals surface area contributed by atoms with Gasteiger partial charge in [0, 0.05) is 15.6 Å². The molecule has 2 N–H and O–H groups in total. The molecule has 0 heterocycles. The predicted octanol–water partition coefficient (Wildman–Crippen LogP) is 5.98. The highest BCUT2D eigenvalue weighted by Gasteiger charge is 2.15. The molecule has 0 saturated heterocycles. The molecule has 11 heteroatoms. The first-order valence-electron chi connectivity index (χ1n) is 9.61. The van der Waals surface area contributed by atoms with Crippen LogP contribution >= 0.6 is 46.4 Å². The number of rotatable bonds is 7. The SMILES string of the molecule is COc1ccc(/C=N/NC(=O)C(=O)Nc2cc(Cl)ccc2Cl)cc1COc1ccc(Cl)cc1Cl. The molecule has 0 aromatic heterocycles. The summed E-state index contributed by atoms with van der Waals surface area (Å²) in [4.78, 5) is 24.1. The Kier molecular flexibility index (Phi) is 9.01. The molecule has 3 rings (SSSR count). The monoisotopic (exact) mass is 539 g/mol. The highest BCUT2D eigenvalue weighted by Crippen LogP contribution is 2.29. The molecule has 0 aliphatic rings. The highest BCUT2D eigenvalue weighted by atomic mass is 35.5. The van der Waals surface area contributed by atoms with Gasteiger partial charge in [-0.05, 0) is 60.2 Å². The van der Waals surface area contributed by atoms with E-state index in [1.54, 1.807) is 42.5 Å². The Morgan fingerprint density at radius 2 is 1.59 bits per heavy atom. The number of halogens is 4. The minimum atomic E-state index is -0.984. The van der Waals surface area contributed by atoms with E-state index in [0.717, 1.165) is 0 Å². The van der Waals surface area contributed by atoms with Gasteiger partial charge in [0.15, 0.2) is 0 Å². The van der Waals surface area contributed by atoms with Crippen LogP contribution in [-0.4, -0.2) is 25.1 Å². The van der Waals surface area contributed by atoms with Gasteiger partial charge in [0.05, 0.1) is 29.1 Å². The summed E-state index contributed by atoms with van der Waals surface area (Å²) in [5.74, 6) is -0.888. The molecule has 0 aliphatic heterocycles. The van der Waals surface area contributed by atoms with Gasteiger partial charge in [-0.25, -0.2) is 5.43 Å². The summed E-state index contributed by atoms with van der Waals surface area (Å²) >= 11 is 23.9. The number of hydrazone groups is 1. The van der Waals surface area contributed by atoms with E-state index in [1.807, 2.05) is 0 Å². The molecule has 176 valence electrons. The van der Waals surface area contributed by atoms with Gasteiger partial charge in [-0.15, -0.1) is 0 Å². The summed E-state index contributed by atoms with van der Waals surface area (Å²) in [7, 11) is 1.53. The third-order valence-electron chi connectivity index (χ3n) is 4.34. The van der Waals surface area contributed by atoms with E-state index in [9.17, 15) is 9.59 Å². The Morgan fingerprint density at radius 3 is 2.32 bits per heavy atom. The largest absolute Gasteiger partial charge is 0.496 e. The molecule has 0 atom stereocenters. The predicted molar refractivity (Wildman–Crippen MR) is 135 cm³/mol. The van der Waals surface area contributed by atoms with Crippen LogP contribution in [0, 0.1) is 0 Å². The van der Waals surface area contributed by atoms with Gasteiger partial charge < -0.3 is 14.8 Å². The topological polar surface area (TPSA) is 89.0 Å². The summed E-state index contributed by atoms with van der Waals surface area (Å²) in [6.45, 7) is 0.154. The van der Waals surface area contributed by atoms with Crippen LogP contribution in [0.15, 0.2) is 59.7 Å². The standard InChI is InChI=1S/C23H17Cl4N3O4/c1-33-20-6-2-13(8-14(20)12-34-21-7-4-15(24)9-18(21)27)11-28-30-23(32)22(31)29-19-10-16(25)3-5-17(19)26/h2-11H,12H2,1H3,(H,29,31)(H,30,32)/b28-11+. The van der Waals surface area contributed by atoms with Crippen molar-refractivity contribution in [3.8, 4) is 11.5 Å². The van der Waals surface area contributed by atoms with Gasteiger partial charge in [-0.1, -0.05) is 46.4 Å². The molecular formula is C23H17Cl4N3O4. The summed E-state index contributed by atoms with van der Waals surface area (Å²) in [5.41, 5.74) is 3.69. The van der Waals surface area contributed by atoms with Crippen molar-refractivity contribution in [3.63, 3.8) is 0 Å². The zero-order chi connectivity index (χ0) is 24.7. The summed E-state index contributed by atoms with van der Waals surface area (Å²) in [6.07, 6.45) is 1.37. The number of anilines is 1. The molecule has 3 aromatic rings. The van der Waals surface area contributed by atoms with Crippen LogP contribution in [0.3, 0.4) is 0 Å². The maximum atomic E-state index is 12.1. The van der Waals surface area contributed by atoms with Crippen LogP contribution in [0.25, 0.3) is 0 Å². The Hall–Kier alpha value is -2.97. The van der Waals surface area contributed by atoms with Crippen molar-refractivity contribution in [1.82, 2.24) is 5.43 Å². The van der Waals surface area contributed by atoms with Gasteiger partial charge in [-0.2, -0.15) is 5.10 Å². The second kappa shape index (κ2) is 11.9. The second-order valence-electron chi connectivity index (χ2n) is 6.71. The number of carbonyl (C=O) groups is 2. The van der Waals surface area contributed by atoms with E-state index >= 15 is 0 Å². The number of carbonyl (C=O) groups excluding carboxylic acids is 2. The van der Waals surface area contributed by atoms with E-state index < -0.39 is 11.8 Å². The van der Waals surface area contributed by atoms with Gasteiger partial charge in [-0.3, -0.25) is 9.59 Å². The molecule has 2 amide bonds. The number of hydrogen-bond donors (Lipinski definition) is 2. The van der Waals surface area contributed by atoms with Crippen molar-refractivity contribution in [2.45, 2.75) is 6.61 Å². The minimum absolute atomic E-state index is 0.154. The van der Waals surface area contributed by atoms with Gasteiger partial charge >= 0.3 is 11.8 Å². The van der Waals surface area contributed by atoms with Crippen LogP contribution < -0.4 is 20.2 Å². The molecule has 0 aliphatic carbocycles. The molecular weight excluding hydrogens is 524 g/mol. The normalized spacial score (nSPS) is 10.7. The first-order chi connectivity index (χ1) is 16.3. The zero-order valence-electron chi connectivity index (χ0n) is 17.6. The van der Waals surface area contributed by atoms with E-state index in [4.69, 9.17) is 55.9 Å². The van der Waals surface area contributed by atoms with Crippen molar-refractivity contribution in [1.29, 1.82) is 0 Å². The fraction of sp³-hybridized carbons (Fsp3) is 0.0870. The van der Waals surface area contributed by atoms with E-state index in [2.05, 4.69) is 15.8 Å². The molecule has 0 saturated carbocycles. The molecule has 0 bridgehead atoms. The lowest BCUT2D eigenvalue weighted by Gasteiger charge is -2.12. The molecule has 7 nitrogen and oxygen atoms in total. The molecule has 0 unspecified atom stereocenters. The Balaban J connectivity index is 1.63. The molecule has 3 aromatic carbocycles. The zero-order valence-corrected chi connectivity index (χ0v) is 20.6. The number of ether oxygens (including phenoxy) is 2. The van der Waals surface area contributed by atoms with E-state index in [1.165, 1.54) is 25.5 Å². The van der Waals surface area contributed by atoms with Crippen molar-refractivity contribution in [3.05, 3.63) is 85.8 Å². The summed E-state index contributed by atoms with van der Waals surface area (Å²) in [5, 5.41) is 7.67. The third-order valence-corrected chi connectivity index (χ3v) is 5.44. The fourth-order valence-corrected chi connectivity index (χ4v) is 3.53. The maximum absolute atomic E-state index is 12.1. The quantitative estimate of drug-likeness (QED) is 0.219. The Labute approximate surface area is 215 Å². The van der Waals surface area contributed by atoms with Crippen LogP contribution in [0.2, 0.25) is 20.1 Å². The minimum Gasteiger partial charge on any atom is -0.496 e. The molecule has 0 radical (unpaired) electrons. The maximum Gasteiger partial charge on any atom is 0.329 e. The van der Waals surface area contributed by atoms with Gasteiger partial charge in [0.25, 0.3) is 0 Å². The Morgan fingerprint density at radius 1 is 0.882 bits per heavy atom. The molecule has 0 fully saturated rings. The smallest absolute Gasteiger partial charge is 0.329 e. The van der Waals surface area contributed by atoms with E-state index in [0.29, 0.717) is 37.7 Å². The number of nitrogens with zero attached hydrogens (tertiary/aromatic N) is 1. The number of benzene rings is 3. The Bertz CT molecular complexity index is 1250. The average Bonchev–Trinajstić information content (AvgIpc) is 2.81. The molecule has 34 heavy (non-hydrogen) atoms. The average molecular weight is 541 g/mol. The third kappa shape index (κ3) is 7.01. The summed E-state index contributed by atoms with van der Waals surface area (Å²) in [6, 6.07) is 14.6. The number of amides is 2.